The van der Waals surface area contributed by atoms with Crippen LogP contribution in [0.5, 0.6) is 5.75 Å². The van der Waals surface area contributed by atoms with E-state index in [-0.39, 0.29) is 24.8 Å². The monoisotopic (exact) mass is 339 g/mol. The molecule has 0 N–H and O–H groups in total. The molecule has 1 fully saturated rings. The molecule has 8 heteroatoms. The minimum absolute atomic E-state index is 0.0865. The average Bonchev–Trinajstić information content (AvgIpc) is 2.31. The van der Waals surface area contributed by atoms with Crippen molar-refractivity contribution in [1.82, 2.24) is 0 Å². The molecular formula is C11H9BrF3NO3. The van der Waals surface area contributed by atoms with E-state index in [9.17, 15) is 18.0 Å². The number of alkyl halides is 3. The average molecular weight is 340 g/mol. The second-order valence-electron chi connectivity index (χ2n) is 3.76. The molecule has 2 rings (SSSR count). The van der Waals surface area contributed by atoms with Crippen molar-refractivity contribution in [3.8, 4) is 5.75 Å². The Kier molecular flexibility index (Phi) is 4.00. The van der Waals surface area contributed by atoms with Gasteiger partial charge in [-0.05, 0) is 28.1 Å². The first kappa shape index (κ1) is 14.1. The first-order chi connectivity index (χ1) is 8.87. The van der Waals surface area contributed by atoms with Gasteiger partial charge in [-0.3, -0.25) is 4.79 Å². The number of rotatable bonds is 2. The van der Waals surface area contributed by atoms with Crippen LogP contribution >= 0.6 is 15.9 Å². The van der Waals surface area contributed by atoms with Crippen LogP contribution in [0.15, 0.2) is 22.7 Å². The zero-order chi connectivity index (χ0) is 14.0. The number of anilines is 1. The molecule has 1 aromatic rings. The molecule has 0 bridgehead atoms. The van der Waals surface area contributed by atoms with Crippen molar-refractivity contribution in [3.05, 3.63) is 22.7 Å². The summed E-state index contributed by atoms with van der Waals surface area (Å²) in [6.45, 7) is 0.534. The molecule has 0 radical (unpaired) electrons. The molecule has 4 nitrogen and oxygen atoms in total. The summed E-state index contributed by atoms with van der Waals surface area (Å²) >= 11 is 3.20. The molecule has 1 amide bonds. The minimum Gasteiger partial charge on any atom is -0.406 e. The quantitative estimate of drug-likeness (QED) is 0.831. The van der Waals surface area contributed by atoms with Crippen molar-refractivity contribution >= 4 is 27.5 Å². The minimum atomic E-state index is -4.76. The number of hydrogen-bond acceptors (Lipinski definition) is 3. The molecule has 104 valence electrons. The van der Waals surface area contributed by atoms with Crippen LogP contribution in [0, 0.1) is 0 Å². The summed E-state index contributed by atoms with van der Waals surface area (Å²) in [5, 5.41) is 0. The zero-order valence-corrected chi connectivity index (χ0v) is 11.1. The van der Waals surface area contributed by atoms with E-state index in [0.29, 0.717) is 16.8 Å². The first-order valence-electron chi connectivity index (χ1n) is 5.30. The fraction of sp³-hybridized carbons (Fsp3) is 0.364. The molecule has 1 heterocycles. The Morgan fingerprint density at radius 3 is 2.74 bits per heavy atom. The van der Waals surface area contributed by atoms with Crippen LogP contribution in [-0.2, 0) is 9.53 Å². The van der Waals surface area contributed by atoms with E-state index in [1.54, 1.807) is 0 Å². The van der Waals surface area contributed by atoms with Gasteiger partial charge in [0.2, 0.25) is 0 Å². The summed E-state index contributed by atoms with van der Waals surface area (Å²) < 4.78 is 45.8. The predicted molar refractivity (Wildman–Crippen MR) is 64.0 cm³/mol. The number of morpholine rings is 1. The summed E-state index contributed by atoms with van der Waals surface area (Å²) in [6.07, 6.45) is -4.76. The Balaban J connectivity index is 2.28. The molecular weight excluding hydrogens is 331 g/mol. The maximum atomic E-state index is 12.2. The Labute approximate surface area is 115 Å². The Bertz CT molecular complexity index is 493. The number of amides is 1. The van der Waals surface area contributed by atoms with Gasteiger partial charge in [0.1, 0.15) is 12.4 Å². The largest absolute Gasteiger partial charge is 0.573 e. The topological polar surface area (TPSA) is 38.8 Å². The molecule has 1 aliphatic heterocycles. The van der Waals surface area contributed by atoms with Crippen molar-refractivity contribution in [2.24, 2.45) is 0 Å². The van der Waals surface area contributed by atoms with Crippen LogP contribution in [0.3, 0.4) is 0 Å². The standard InChI is InChI=1S/C11H9BrF3NO3/c12-8-2-1-7(19-11(13,14)15)5-9(8)16-3-4-18-6-10(16)17/h1-2,5H,3-4,6H2. The number of carbonyl (C=O) groups excluding carboxylic acids is 1. The van der Waals surface area contributed by atoms with Crippen molar-refractivity contribution in [2.75, 3.05) is 24.7 Å². The van der Waals surface area contributed by atoms with Crippen molar-refractivity contribution in [3.63, 3.8) is 0 Å². The van der Waals surface area contributed by atoms with Gasteiger partial charge in [-0.1, -0.05) is 0 Å². The Morgan fingerprint density at radius 2 is 2.11 bits per heavy atom. The van der Waals surface area contributed by atoms with Gasteiger partial charge in [0, 0.05) is 17.1 Å². The van der Waals surface area contributed by atoms with Crippen LogP contribution in [0.1, 0.15) is 0 Å². The molecule has 0 saturated carbocycles. The van der Waals surface area contributed by atoms with Gasteiger partial charge in [0.05, 0.1) is 12.3 Å². The second-order valence-corrected chi connectivity index (χ2v) is 4.61. The Morgan fingerprint density at radius 1 is 1.37 bits per heavy atom. The van der Waals surface area contributed by atoms with Gasteiger partial charge in [0.25, 0.3) is 5.91 Å². The van der Waals surface area contributed by atoms with E-state index in [4.69, 9.17) is 4.74 Å². The number of carbonyl (C=O) groups is 1. The van der Waals surface area contributed by atoms with Crippen molar-refractivity contribution in [2.45, 2.75) is 6.36 Å². The molecule has 0 spiro atoms. The van der Waals surface area contributed by atoms with Gasteiger partial charge in [-0.2, -0.15) is 0 Å². The van der Waals surface area contributed by atoms with E-state index < -0.39 is 6.36 Å². The highest BCUT2D eigenvalue weighted by atomic mass is 79.9. The van der Waals surface area contributed by atoms with E-state index in [2.05, 4.69) is 20.7 Å². The van der Waals surface area contributed by atoms with Gasteiger partial charge >= 0.3 is 6.36 Å². The molecule has 1 aromatic carbocycles. The van der Waals surface area contributed by atoms with Crippen LogP contribution in [0.25, 0.3) is 0 Å². The number of nitrogens with zero attached hydrogens (tertiary/aromatic N) is 1. The van der Waals surface area contributed by atoms with E-state index in [0.717, 1.165) is 0 Å². The van der Waals surface area contributed by atoms with Crippen molar-refractivity contribution < 1.29 is 27.4 Å². The lowest BCUT2D eigenvalue weighted by atomic mass is 10.2. The summed E-state index contributed by atoms with van der Waals surface area (Å²) in [4.78, 5) is 13.0. The fourth-order valence-corrected chi connectivity index (χ4v) is 2.13. The number of hydrogen-bond donors (Lipinski definition) is 0. The summed E-state index contributed by atoms with van der Waals surface area (Å²) in [6, 6.07) is 3.74. The lowest BCUT2D eigenvalue weighted by Gasteiger charge is -2.28. The third-order valence-corrected chi connectivity index (χ3v) is 3.10. The van der Waals surface area contributed by atoms with Crippen LogP contribution in [0.4, 0.5) is 18.9 Å². The molecule has 0 unspecified atom stereocenters. The molecule has 0 aromatic heterocycles. The number of ether oxygens (including phenoxy) is 2. The lowest BCUT2D eigenvalue weighted by molar-refractivity contribution is -0.274. The summed E-state index contributed by atoms with van der Waals surface area (Å²) in [5.74, 6) is -0.680. The number of halogens is 4. The Hall–Kier alpha value is -1.28. The molecule has 19 heavy (non-hydrogen) atoms. The van der Waals surface area contributed by atoms with E-state index >= 15 is 0 Å². The van der Waals surface area contributed by atoms with Gasteiger partial charge in [-0.25, -0.2) is 0 Å². The van der Waals surface area contributed by atoms with Crippen molar-refractivity contribution in [1.29, 1.82) is 0 Å². The SMILES string of the molecule is O=C1COCCN1c1cc(OC(F)(F)F)ccc1Br. The maximum absolute atomic E-state index is 12.2. The van der Waals surface area contributed by atoms with Gasteiger partial charge in [-0.15, -0.1) is 13.2 Å². The second kappa shape index (κ2) is 5.38. The van der Waals surface area contributed by atoms with Gasteiger partial charge in [0.15, 0.2) is 0 Å². The highest BCUT2D eigenvalue weighted by molar-refractivity contribution is 9.10. The van der Waals surface area contributed by atoms with Gasteiger partial charge < -0.3 is 14.4 Å². The maximum Gasteiger partial charge on any atom is 0.573 e. The van der Waals surface area contributed by atoms with Crippen LogP contribution < -0.4 is 9.64 Å². The normalized spacial score (nSPS) is 16.6. The van der Waals surface area contributed by atoms with Crippen LogP contribution in [-0.4, -0.2) is 32.0 Å². The lowest BCUT2D eigenvalue weighted by Crippen LogP contribution is -2.41. The smallest absolute Gasteiger partial charge is 0.406 e. The highest BCUT2D eigenvalue weighted by Crippen LogP contribution is 2.33. The molecule has 0 atom stereocenters. The third-order valence-electron chi connectivity index (χ3n) is 2.43. The predicted octanol–water partition coefficient (Wildman–Crippen LogP) is 2.71. The molecule has 1 aliphatic rings. The fourth-order valence-electron chi connectivity index (χ4n) is 1.67. The van der Waals surface area contributed by atoms with Crippen LogP contribution in [0.2, 0.25) is 0 Å². The molecule has 1 saturated heterocycles. The summed E-state index contributed by atoms with van der Waals surface area (Å²) in [7, 11) is 0. The number of benzene rings is 1. The first-order valence-corrected chi connectivity index (χ1v) is 6.09. The summed E-state index contributed by atoms with van der Waals surface area (Å²) in [5.41, 5.74) is 0.329. The molecule has 0 aliphatic carbocycles. The van der Waals surface area contributed by atoms with E-state index in [1.165, 1.54) is 23.1 Å². The van der Waals surface area contributed by atoms with E-state index in [1.807, 2.05) is 0 Å². The highest BCUT2D eigenvalue weighted by Gasteiger charge is 2.32. The third kappa shape index (κ3) is 3.60. The zero-order valence-electron chi connectivity index (χ0n) is 9.54.